The van der Waals surface area contributed by atoms with Gasteiger partial charge in [-0.05, 0) is 6.42 Å². The summed E-state index contributed by atoms with van der Waals surface area (Å²) in [5.74, 6) is 0. The summed E-state index contributed by atoms with van der Waals surface area (Å²) in [5.41, 5.74) is 0. The van der Waals surface area contributed by atoms with E-state index in [0.717, 1.165) is 13.5 Å². The third kappa shape index (κ3) is 4.33. The summed E-state index contributed by atoms with van der Waals surface area (Å²) >= 11 is 0. The minimum absolute atomic E-state index is 0.205. The van der Waals surface area contributed by atoms with Crippen LogP contribution in [0.25, 0.3) is 0 Å². The number of hydrogen-bond acceptors (Lipinski definition) is 4. The van der Waals surface area contributed by atoms with E-state index >= 15 is 0 Å². The maximum absolute atomic E-state index is 10.8. The first-order chi connectivity index (χ1) is 5.54. The molecule has 74 valence electrons. The summed E-state index contributed by atoms with van der Waals surface area (Å²) < 4.78 is 30.3. The Kier molecular flexibility index (Phi) is 5.96. The van der Waals surface area contributed by atoms with Crippen LogP contribution in [-0.4, -0.2) is 22.8 Å². The van der Waals surface area contributed by atoms with Crippen LogP contribution in [0.5, 0.6) is 0 Å². The van der Waals surface area contributed by atoms with E-state index in [1.807, 2.05) is 6.92 Å². The van der Waals surface area contributed by atoms with Crippen LogP contribution < -0.4 is 0 Å². The van der Waals surface area contributed by atoms with Crippen molar-refractivity contribution < 1.29 is 22.4 Å². The van der Waals surface area contributed by atoms with Gasteiger partial charge in [0.25, 0.3) is 10.7 Å². The standard InChI is InChI=1S/C5H13O5PS/c1-3-4-5-10-12(8)11(6,7)9-2/h3-5H2,1-2H3,(H,6,7). The van der Waals surface area contributed by atoms with Crippen LogP contribution >= 0.6 is 6.80 Å². The molecule has 12 heavy (non-hydrogen) atoms. The Morgan fingerprint density at radius 3 is 2.58 bits per heavy atom. The highest BCUT2D eigenvalue weighted by Gasteiger charge is 2.28. The zero-order chi connectivity index (χ0) is 9.61. The van der Waals surface area contributed by atoms with Crippen molar-refractivity contribution in [2.75, 3.05) is 13.7 Å². The second-order valence-corrected chi connectivity index (χ2v) is 6.29. The second kappa shape index (κ2) is 5.83. The smallest absolute Gasteiger partial charge is 0.313 e. The molecule has 0 saturated carbocycles. The molecule has 1 N–H and O–H groups in total. The molecule has 0 aliphatic carbocycles. The Labute approximate surface area is 74.0 Å². The molecule has 0 spiro atoms. The Bertz CT molecular complexity index is 194. The van der Waals surface area contributed by atoms with Crippen molar-refractivity contribution in [1.82, 2.24) is 0 Å². The van der Waals surface area contributed by atoms with Gasteiger partial charge < -0.3 is 9.42 Å². The number of rotatable bonds is 6. The van der Waals surface area contributed by atoms with Crippen molar-refractivity contribution >= 4 is 17.5 Å². The van der Waals surface area contributed by atoms with Crippen molar-refractivity contribution in [2.24, 2.45) is 0 Å². The SMILES string of the molecule is CCCCOS(=O)P(=O)(O)OC. The van der Waals surface area contributed by atoms with Gasteiger partial charge in [0.15, 0.2) is 0 Å². The fraction of sp³-hybridized carbons (Fsp3) is 1.00. The van der Waals surface area contributed by atoms with Crippen molar-refractivity contribution in [2.45, 2.75) is 19.8 Å². The largest absolute Gasteiger partial charge is 0.442 e. The van der Waals surface area contributed by atoms with Crippen LogP contribution in [-0.2, 0) is 24.0 Å². The van der Waals surface area contributed by atoms with Crippen LogP contribution in [0.4, 0.5) is 0 Å². The maximum Gasteiger partial charge on any atom is 0.442 e. The minimum Gasteiger partial charge on any atom is -0.313 e. The third-order valence-electron chi connectivity index (χ3n) is 1.10. The second-order valence-electron chi connectivity index (χ2n) is 2.04. The summed E-state index contributed by atoms with van der Waals surface area (Å²) in [4.78, 5) is 8.80. The molecule has 0 saturated heterocycles. The van der Waals surface area contributed by atoms with Crippen molar-refractivity contribution in [1.29, 1.82) is 0 Å². The van der Waals surface area contributed by atoms with Crippen LogP contribution in [0.3, 0.4) is 0 Å². The third-order valence-corrected chi connectivity index (χ3v) is 4.20. The van der Waals surface area contributed by atoms with Crippen molar-refractivity contribution in [3.63, 3.8) is 0 Å². The fourth-order valence-corrected chi connectivity index (χ4v) is 1.91. The highest BCUT2D eigenvalue weighted by molar-refractivity contribution is 8.43. The molecule has 5 nitrogen and oxygen atoms in total. The van der Waals surface area contributed by atoms with Gasteiger partial charge in [-0.3, -0.25) is 4.18 Å². The predicted molar refractivity (Wildman–Crippen MR) is 45.8 cm³/mol. The predicted octanol–water partition coefficient (Wildman–Crippen LogP) is 1.21. The minimum atomic E-state index is -4.05. The van der Waals surface area contributed by atoms with E-state index in [1.54, 1.807) is 0 Å². The molecule has 0 radical (unpaired) electrons. The lowest BCUT2D eigenvalue weighted by Gasteiger charge is -2.06. The zero-order valence-electron chi connectivity index (χ0n) is 7.06. The first kappa shape index (κ1) is 12.3. The van der Waals surface area contributed by atoms with Crippen LogP contribution in [0.1, 0.15) is 19.8 Å². The fourth-order valence-electron chi connectivity index (χ4n) is 0.402. The van der Waals surface area contributed by atoms with Gasteiger partial charge in [-0.25, -0.2) is 8.77 Å². The van der Waals surface area contributed by atoms with Gasteiger partial charge in [0.05, 0.1) is 6.61 Å². The van der Waals surface area contributed by atoms with Gasteiger partial charge in [0.1, 0.15) is 0 Å². The van der Waals surface area contributed by atoms with Gasteiger partial charge in [0.2, 0.25) is 0 Å². The van der Waals surface area contributed by atoms with Gasteiger partial charge >= 0.3 is 6.80 Å². The average Bonchev–Trinajstić information content (AvgIpc) is 2.05. The quantitative estimate of drug-likeness (QED) is 0.533. The number of unbranched alkanes of at least 4 members (excludes halogenated alkanes) is 1. The van der Waals surface area contributed by atoms with Crippen LogP contribution in [0, 0.1) is 0 Å². The van der Waals surface area contributed by atoms with Gasteiger partial charge in [-0.2, -0.15) is 0 Å². The van der Waals surface area contributed by atoms with Crippen molar-refractivity contribution in [3.05, 3.63) is 0 Å². The molecule has 2 unspecified atom stereocenters. The molecule has 0 bridgehead atoms. The van der Waals surface area contributed by atoms with E-state index < -0.39 is 17.5 Å². The Morgan fingerprint density at radius 2 is 2.17 bits per heavy atom. The lowest BCUT2D eigenvalue weighted by Crippen LogP contribution is -2.00. The summed E-state index contributed by atoms with van der Waals surface area (Å²) in [7, 11) is -1.23. The molecule has 0 fully saturated rings. The molecule has 0 aromatic carbocycles. The summed E-state index contributed by atoms with van der Waals surface area (Å²) in [5, 5.41) is 0. The van der Waals surface area contributed by atoms with Gasteiger partial charge in [-0.1, -0.05) is 13.3 Å². The van der Waals surface area contributed by atoms with Gasteiger partial charge in [-0.15, -0.1) is 0 Å². The highest BCUT2D eigenvalue weighted by atomic mass is 32.8. The average molecular weight is 216 g/mol. The zero-order valence-corrected chi connectivity index (χ0v) is 8.77. The summed E-state index contributed by atoms with van der Waals surface area (Å²) in [6.07, 6.45) is 1.58. The molecular formula is C5H13O5PS. The molecule has 0 amide bonds. The molecule has 0 aromatic heterocycles. The Balaban J connectivity index is 3.80. The van der Waals surface area contributed by atoms with E-state index in [-0.39, 0.29) is 6.61 Å². The monoisotopic (exact) mass is 216 g/mol. The molecule has 0 aromatic rings. The van der Waals surface area contributed by atoms with E-state index in [9.17, 15) is 8.77 Å². The maximum atomic E-state index is 10.8. The van der Waals surface area contributed by atoms with Crippen molar-refractivity contribution in [3.8, 4) is 0 Å². The molecule has 0 aliphatic heterocycles. The molecule has 0 heterocycles. The topological polar surface area (TPSA) is 72.8 Å². The normalized spacial score (nSPS) is 18.6. The Morgan fingerprint density at radius 1 is 1.58 bits per heavy atom. The van der Waals surface area contributed by atoms with Gasteiger partial charge in [0, 0.05) is 7.11 Å². The molecule has 0 rings (SSSR count). The summed E-state index contributed by atoms with van der Waals surface area (Å²) in [6, 6.07) is 0. The lowest BCUT2D eigenvalue weighted by molar-refractivity contribution is 0.309. The lowest BCUT2D eigenvalue weighted by atomic mass is 10.4. The van der Waals surface area contributed by atoms with E-state index in [4.69, 9.17) is 4.89 Å². The molecular weight excluding hydrogens is 203 g/mol. The van der Waals surface area contributed by atoms with E-state index in [2.05, 4.69) is 8.71 Å². The highest BCUT2D eigenvalue weighted by Crippen LogP contribution is 2.45. The number of hydrogen-bond donors (Lipinski definition) is 1. The van der Waals surface area contributed by atoms with Crippen LogP contribution in [0.2, 0.25) is 0 Å². The first-order valence-electron chi connectivity index (χ1n) is 3.49. The Hall–Kier alpha value is 0.260. The van der Waals surface area contributed by atoms with Crippen LogP contribution in [0.15, 0.2) is 0 Å². The summed E-state index contributed by atoms with van der Waals surface area (Å²) in [6.45, 7) is -1.92. The molecule has 2 atom stereocenters. The molecule has 7 heteroatoms. The molecule has 0 aliphatic rings. The van der Waals surface area contributed by atoms with E-state index in [0.29, 0.717) is 6.42 Å². The van der Waals surface area contributed by atoms with E-state index in [1.165, 1.54) is 0 Å². The first-order valence-corrected chi connectivity index (χ1v) is 6.74.